The molecule has 7 nitrogen and oxygen atoms in total. The van der Waals surface area contributed by atoms with Crippen LogP contribution in [0.2, 0.25) is 0 Å². The van der Waals surface area contributed by atoms with Crippen molar-refractivity contribution in [2.24, 2.45) is 13.0 Å². The fourth-order valence-electron chi connectivity index (χ4n) is 2.68. The minimum Gasteiger partial charge on any atom is -0.478 e. The average molecular weight is 294 g/mol. The van der Waals surface area contributed by atoms with E-state index >= 15 is 0 Å². The number of piperidine rings is 1. The molecule has 1 fully saturated rings. The van der Waals surface area contributed by atoms with Crippen molar-refractivity contribution in [2.45, 2.75) is 26.3 Å². The van der Waals surface area contributed by atoms with Gasteiger partial charge in [0.15, 0.2) is 0 Å². The summed E-state index contributed by atoms with van der Waals surface area (Å²) in [5.74, 6) is -0.410. The zero-order valence-electron chi connectivity index (χ0n) is 12.5. The Labute approximate surface area is 123 Å². The number of hydrogen-bond donors (Lipinski definition) is 2. The first-order chi connectivity index (χ1) is 9.97. The number of carbonyl (C=O) groups is 2. The molecule has 0 spiro atoms. The number of rotatable bonds is 5. The second kappa shape index (κ2) is 6.71. The number of aryl methyl sites for hydroxylation is 1. The third kappa shape index (κ3) is 4.04. The molecule has 2 rings (SSSR count). The van der Waals surface area contributed by atoms with Crippen LogP contribution in [-0.2, 0) is 18.4 Å². The number of carboxylic acid groups (broad SMARTS) is 1. The van der Waals surface area contributed by atoms with Crippen LogP contribution in [0.4, 0.5) is 0 Å². The van der Waals surface area contributed by atoms with Crippen molar-refractivity contribution >= 4 is 11.9 Å². The third-order valence-corrected chi connectivity index (χ3v) is 4.01. The van der Waals surface area contributed by atoms with Gasteiger partial charge in [0.2, 0.25) is 5.91 Å². The Balaban J connectivity index is 1.88. The van der Waals surface area contributed by atoms with Gasteiger partial charge >= 0.3 is 5.97 Å². The number of carbonyl (C=O) groups excluding carboxylic acids is 1. The third-order valence-electron chi connectivity index (χ3n) is 4.01. The van der Waals surface area contributed by atoms with Crippen molar-refractivity contribution in [3.63, 3.8) is 0 Å². The molecule has 116 valence electrons. The highest BCUT2D eigenvalue weighted by Gasteiger charge is 2.22. The van der Waals surface area contributed by atoms with E-state index in [1.54, 1.807) is 11.7 Å². The van der Waals surface area contributed by atoms with Crippen molar-refractivity contribution in [1.29, 1.82) is 0 Å². The summed E-state index contributed by atoms with van der Waals surface area (Å²) in [5.41, 5.74) is 1.01. The summed E-state index contributed by atoms with van der Waals surface area (Å²) in [7, 11) is 1.77. The van der Waals surface area contributed by atoms with Gasteiger partial charge < -0.3 is 10.4 Å². The van der Waals surface area contributed by atoms with Crippen LogP contribution >= 0.6 is 0 Å². The molecule has 0 aliphatic carbocycles. The fourth-order valence-corrected chi connectivity index (χ4v) is 2.68. The van der Waals surface area contributed by atoms with Gasteiger partial charge in [0.25, 0.3) is 0 Å². The first kappa shape index (κ1) is 15.5. The predicted octanol–water partition coefficient (Wildman–Crippen LogP) is 0.466. The molecule has 0 unspecified atom stereocenters. The Morgan fingerprint density at radius 1 is 1.43 bits per heavy atom. The molecule has 0 bridgehead atoms. The van der Waals surface area contributed by atoms with E-state index in [1.807, 2.05) is 0 Å². The van der Waals surface area contributed by atoms with Gasteiger partial charge in [0, 0.05) is 27.1 Å². The maximum atomic E-state index is 11.2. The van der Waals surface area contributed by atoms with Gasteiger partial charge in [-0.1, -0.05) is 0 Å². The Kier molecular flexibility index (Phi) is 4.95. The van der Waals surface area contributed by atoms with Crippen molar-refractivity contribution in [2.75, 3.05) is 19.6 Å². The monoisotopic (exact) mass is 294 g/mol. The Hall–Kier alpha value is -1.89. The van der Waals surface area contributed by atoms with Crippen molar-refractivity contribution in [3.8, 4) is 0 Å². The first-order valence-corrected chi connectivity index (χ1v) is 7.18. The lowest BCUT2D eigenvalue weighted by Gasteiger charge is -2.32. The fraction of sp³-hybridized carbons (Fsp3) is 0.643. The van der Waals surface area contributed by atoms with Crippen molar-refractivity contribution in [1.82, 2.24) is 20.0 Å². The molecule has 1 aromatic rings. The smallest absolute Gasteiger partial charge is 0.339 e. The zero-order chi connectivity index (χ0) is 15.4. The molecule has 1 aromatic heterocycles. The molecule has 0 aromatic carbocycles. The molecule has 0 atom stereocenters. The minimum atomic E-state index is -0.932. The number of carboxylic acids is 1. The number of nitrogens with zero attached hydrogens (tertiary/aromatic N) is 3. The lowest BCUT2D eigenvalue weighted by Crippen LogP contribution is -2.38. The molecule has 1 saturated heterocycles. The van der Waals surface area contributed by atoms with Crippen molar-refractivity contribution < 1.29 is 14.7 Å². The van der Waals surface area contributed by atoms with Crippen LogP contribution in [0.5, 0.6) is 0 Å². The van der Waals surface area contributed by atoms with Gasteiger partial charge in [-0.05, 0) is 31.8 Å². The summed E-state index contributed by atoms with van der Waals surface area (Å²) >= 11 is 0. The molecule has 1 aliphatic rings. The number of aromatic nitrogens is 2. The van der Waals surface area contributed by atoms with E-state index in [9.17, 15) is 9.59 Å². The molecule has 0 radical (unpaired) electrons. The van der Waals surface area contributed by atoms with Crippen LogP contribution in [-0.4, -0.2) is 51.3 Å². The SMILES string of the molecule is CC(=O)NCC1CCN(Cc2c(C(=O)O)cnn2C)CC1. The van der Waals surface area contributed by atoms with Gasteiger partial charge in [-0.3, -0.25) is 14.4 Å². The van der Waals surface area contributed by atoms with Gasteiger partial charge in [0.1, 0.15) is 5.56 Å². The van der Waals surface area contributed by atoms with Crippen LogP contribution < -0.4 is 5.32 Å². The van der Waals surface area contributed by atoms with Crippen LogP contribution in [0.25, 0.3) is 0 Å². The highest BCUT2D eigenvalue weighted by Crippen LogP contribution is 2.19. The summed E-state index contributed by atoms with van der Waals surface area (Å²) in [4.78, 5) is 24.3. The van der Waals surface area contributed by atoms with E-state index in [2.05, 4.69) is 15.3 Å². The maximum absolute atomic E-state index is 11.2. The molecular formula is C14H22N4O3. The van der Waals surface area contributed by atoms with Gasteiger partial charge in [-0.25, -0.2) is 4.79 Å². The highest BCUT2D eigenvalue weighted by molar-refractivity contribution is 5.88. The van der Waals surface area contributed by atoms with Gasteiger partial charge in [0.05, 0.1) is 11.9 Å². The molecular weight excluding hydrogens is 272 g/mol. The largest absolute Gasteiger partial charge is 0.478 e. The minimum absolute atomic E-state index is 0.0124. The van der Waals surface area contributed by atoms with E-state index in [-0.39, 0.29) is 11.5 Å². The van der Waals surface area contributed by atoms with Crippen LogP contribution in [0.1, 0.15) is 35.8 Å². The first-order valence-electron chi connectivity index (χ1n) is 7.18. The van der Waals surface area contributed by atoms with E-state index in [4.69, 9.17) is 5.11 Å². The Bertz CT molecular complexity index is 518. The predicted molar refractivity (Wildman–Crippen MR) is 76.9 cm³/mol. The number of aromatic carboxylic acids is 1. The van der Waals surface area contributed by atoms with Crippen LogP contribution in [0.3, 0.4) is 0 Å². The normalized spacial score (nSPS) is 16.9. The average Bonchev–Trinajstić information content (AvgIpc) is 2.79. The topological polar surface area (TPSA) is 87.5 Å². The maximum Gasteiger partial charge on any atom is 0.339 e. The summed E-state index contributed by atoms with van der Waals surface area (Å²) in [6.07, 6.45) is 3.43. The van der Waals surface area contributed by atoms with E-state index in [0.29, 0.717) is 12.5 Å². The summed E-state index contributed by atoms with van der Waals surface area (Å²) in [6.45, 7) is 4.69. The zero-order valence-corrected chi connectivity index (χ0v) is 12.5. The lowest BCUT2D eigenvalue weighted by molar-refractivity contribution is -0.119. The van der Waals surface area contributed by atoms with Gasteiger partial charge in [-0.2, -0.15) is 5.10 Å². The highest BCUT2D eigenvalue weighted by atomic mass is 16.4. The molecule has 1 aliphatic heterocycles. The van der Waals surface area contributed by atoms with E-state index in [1.165, 1.54) is 13.1 Å². The quantitative estimate of drug-likeness (QED) is 0.824. The van der Waals surface area contributed by atoms with Gasteiger partial charge in [-0.15, -0.1) is 0 Å². The Morgan fingerprint density at radius 3 is 2.67 bits per heavy atom. The summed E-state index contributed by atoms with van der Waals surface area (Å²) in [5, 5.41) is 16.0. The molecule has 0 saturated carbocycles. The van der Waals surface area contributed by atoms with Crippen LogP contribution in [0.15, 0.2) is 6.20 Å². The number of likely N-dealkylation sites (tertiary alicyclic amines) is 1. The second-order valence-electron chi connectivity index (χ2n) is 5.59. The summed E-state index contributed by atoms with van der Waals surface area (Å²) < 4.78 is 1.63. The van der Waals surface area contributed by atoms with Crippen molar-refractivity contribution in [3.05, 3.63) is 17.5 Å². The number of amides is 1. The van der Waals surface area contributed by atoms with E-state index < -0.39 is 5.97 Å². The second-order valence-corrected chi connectivity index (χ2v) is 5.59. The van der Waals surface area contributed by atoms with E-state index in [0.717, 1.165) is 38.2 Å². The van der Waals surface area contributed by atoms with Crippen LogP contribution in [0, 0.1) is 5.92 Å². The lowest BCUT2D eigenvalue weighted by atomic mass is 9.96. The molecule has 7 heteroatoms. The molecule has 1 amide bonds. The molecule has 21 heavy (non-hydrogen) atoms. The number of hydrogen-bond acceptors (Lipinski definition) is 4. The molecule has 2 N–H and O–H groups in total. The molecule has 2 heterocycles. The summed E-state index contributed by atoms with van der Waals surface area (Å²) in [6, 6.07) is 0. The standard InChI is InChI=1S/C14H22N4O3/c1-10(19)15-7-11-3-5-18(6-4-11)9-13-12(14(20)21)8-16-17(13)2/h8,11H,3-7,9H2,1-2H3,(H,15,19)(H,20,21). The number of nitrogens with one attached hydrogen (secondary N) is 1. The Morgan fingerprint density at radius 2 is 2.10 bits per heavy atom.